The molecular formula is C20H16N2. The highest BCUT2D eigenvalue weighted by Crippen LogP contribution is 2.24. The van der Waals surface area contributed by atoms with Crippen molar-refractivity contribution in [3.05, 3.63) is 78.1 Å². The first-order chi connectivity index (χ1) is 10.8. The molecule has 4 aromatic rings. The van der Waals surface area contributed by atoms with Gasteiger partial charge >= 0.3 is 0 Å². The van der Waals surface area contributed by atoms with Crippen LogP contribution in [-0.4, -0.2) is 9.55 Å². The number of nitrogens with zero attached hydrogens (tertiary/aromatic N) is 2. The minimum Gasteiger partial charge on any atom is -0.350 e. The summed E-state index contributed by atoms with van der Waals surface area (Å²) < 4.78 is 2.17. The Bertz CT molecular complexity index is 988. The molecule has 0 aliphatic carbocycles. The Labute approximate surface area is 129 Å². The van der Waals surface area contributed by atoms with Crippen molar-refractivity contribution in [3.8, 4) is 0 Å². The minimum absolute atomic E-state index is 1.03. The molecule has 0 aliphatic rings. The quantitative estimate of drug-likeness (QED) is 0.512. The van der Waals surface area contributed by atoms with Gasteiger partial charge in [0.05, 0.1) is 5.52 Å². The third kappa shape index (κ3) is 2.09. The lowest BCUT2D eigenvalue weighted by Gasteiger charge is -2.00. The zero-order chi connectivity index (χ0) is 14.9. The number of pyridine rings is 1. The molecule has 4 rings (SSSR count). The maximum Gasteiger partial charge on any atom is 0.0707 e. The van der Waals surface area contributed by atoms with Gasteiger partial charge in [-0.15, -0.1) is 0 Å². The zero-order valence-corrected chi connectivity index (χ0v) is 12.4. The van der Waals surface area contributed by atoms with Gasteiger partial charge in [0.1, 0.15) is 0 Å². The molecule has 0 saturated carbocycles. The summed E-state index contributed by atoms with van der Waals surface area (Å²) in [4.78, 5) is 4.41. The predicted octanol–water partition coefficient (Wildman–Crippen LogP) is 4.90. The number of hydrogen-bond acceptors (Lipinski definition) is 1. The van der Waals surface area contributed by atoms with Crippen LogP contribution in [0.2, 0.25) is 0 Å². The molecule has 2 aromatic carbocycles. The van der Waals surface area contributed by atoms with E-state index >= 15 is 0 Å². The van der Waals surface area contributed by atoms with Crippen LogP contribution in [0.3, 0.4) is 0 Å². The molecule has 0 radical (unpaired) electrons. The van der Waals surface area contributed by atoms with E-state index in [-0.39, 0.29) is 0 Å². The lowest BCUT2D eigenvalue weighted by Crippen LogP contribution is -1.82. The molecule has 0 amide bonds. The molecule has 2 heterocycles. The number of aryl methyl sites for hydroxylation is 1. The first kappa shape index (κ1) is 12.8. The summed E-state index contributed by atoms with van der Waals surface area (Å²) in [5, 5.41) is 2.46. The van der Waals surface area contributed by atoms with Gasteiger partial charge in [-0.25, -0.2) is 0 Å². The normalized spacial score (nSPS) is 11.7. The van der Waals surface area contributed by atoms with Crippen LogP contribution in [0.25, 0.3) is 34.0 Å². The molecule has 0 bridgehead atoms. The summed E-state index contributed by atoms with van der Waals surface area (Å²) in [5.74, 6) is 0. The number of para-hydroxylation sites is 2. The van der Waals surface area contributed by atoms with E-state index in [0.717, 1.165) is 5.52 Å². The van der Waals surface area contributed by atoms with E-state index in [1.165, 1.54) is 27.4 Å². The highest BCUT2D eigenvalue weighted by Gasteiger charge is 2.03. The third-order valence-electron chi connectivity index (χ3n) is 4.05. The average molecular weight is 284 g/mol. The van der Waals surface area contributed by atoms with Crippen LogP contribution in [0, 0.1) is 0 Å². The van der Waals surface area contributed by atoms with Crippen LogP contribution in [0.4, 0.5) is 0 Å². The fraction of sp³-hybridized carbons (Fsp3) is 0.0500. The van der Waals surface area contributed by atoms with E-state index in [2.05, 4.69) is 77.4 Å². The van der Waals surface area contributed by atoms with Gasteiger partial charge in [0.2, 0.25) is 0 Å². The largest absolute Gasteiger partial charge is 0.350 e. The molecule has 2 heteroatoms. The van der Waals surface area contributed by atoms with Gasteiger partial charge in [-0.1, -0.05) is 48.6 Å². The monoisotopic (exact) mass is 284 g/mol. The number of aromatic nitrogens is 2. The summed E-state index contributed by atoms with van der Waals surface area (Å²) in [6.45, 7) is 0. The maximum absolute atomic E-state index is 4.41. The number of benzene rings is 2. The Morgan fingerprint density at radius 3 is 2.45 bits per heavy atom. The first-order valence-corrected chi connectivity index (χ1v) is 7.39. The van der Waals surface area contributed by atoms with E-state index in [4.69, 9.17) is 0 Å². The Kier molecular flexibility index (Phi) is 3.01. The van der Waals surface area contributed by atoms with Gasteiger partial charge in [-0.2, -0.15) is 0 Å². The summed E-state index contributed by atoms with van der Waals surface area (Å²) >= 11 is 0. The van der Waals surface area contributed by atoms with Crippen molar-refractivity contribution in [3.63, 3.8) is 0 Å². The number of fused-ring (bicyclic) bond motifs is 2. The van der Waals surface area contributed by atoms with Crippen molar-refractivity contribution < 1.29 is 0 Å². The molecule has 106 valence electrons. The smallest absolute Gasteiger partial charge is 0.0707 e. The summed E-state index contributed by atoms with van der Waals surface area (Å²) in [7, 11) is 2.08. The molecule has 0 aliphatic heterocycles. The minimum atomic E-state index is 1.03. The molecule has 2 aromatic heterocycles. The lowest BCUT2D eigenvalue weighted by atomic mass is 10.1. The van der Waals surface area contributed by atoms with Crippen LogP contribution < -0.4 is 0 Å². The molecule has 0 fully saturated rings. The fourth-order valence-electron chi connectivity index (χ4n) is 2.95. The Morgan fingerprint density at radius 2 is 1.55 bits per heavy atom. The van der Waals surface area contributed by atoms with Crippen molar-refractivity contribution in [1.29, 1.82) is 0 Å². The van der Waals surface area contributed by atoms with E-state index in [9.17, 15) is 0 Å². The molecule has 22 heavy (non-hydrogen) atoms. The SMILES string of the molecule is Cn1cc(/C=C\c2ccnc3ccccc23)c2ccccc21. The van der Waals surface area contributed by atoms with Crippen molar-refractivity contribution >= 4 is 34.0 Å². The van der Waals surface area contributed by atoms with Crippen molar-refractivity contribution in [2.45, 2.75) is 0 Å². The summed E-state index contributed by atoms with van der Waals surface area (Å²) in [6, 6.07) is 18.8. The van der Waals surface area contributed by atoms with E-state index < -0.39 is 0 Å². The average Bonchev–Trinajstić information content (AvgIpc) is 2.89. The van der Waals surface area contributed by atoms with Crippen LogP contribution in [0.15, 0.2) is 67.0 Å². The zero-order valence-electron chi connectivity index (χ0n) is 12.4. The Morgan fingerprint density at radius 1 is 0.818 bits per heavy atom. The molecule has 0 saturated heterocycles. The van der Waals surface area contributed by atoms with Crippen molar-refractivity contribution in [2.24, 2.45) is 7.05 Å². The van der Waals surface area contributed by atoms with Crippen molar-refractivity contribution in [1.82, 2.24) is 9.55 Å². The molecule has 2 nitrogen and oxygen atoms in total. The topological polar surface area (TPSA) is 17.8 Å². The maximum atomic E-state index is 4.41. The van der Waals surface area contributed by atoms with E-state index in [1.54, 1.807) is 0 Å². The van der Waals surface area contributed by atoms with Gasteiger partial charge in [0.15, 0.2) is 0 Å². The van der Waals surface area contributed by atoms with Crippen molar-refractivity contribution in [2.75, 3.05) is 0 Å². The second-order valence-electron chi connectivity index (χ2n) is 5.46. The Hall–Kier alpha value is -2.87. The summed E-state index contributed by atoms with van der Waals surface area (Å²) in [6.07, 6.45) is 8.39. The molecule has 0 unspecified atom stereocenters. The van der Waals surface area contributed by atoms with E-state index in [1.807, 2.05) is 18.3 Å². The number of rotatable bonds is 2. The van der Waals surface area contributed by atoms with Gasteiger partial charge in [0, 0.05) is 35.7 Å². The highest BCUT2D eigenvalue weighted by atomic mass is 14.9. The van der Waals surface area contributed by atoms with Crippen LogP contribution >= 0.6 is 0 Å². The third-order valence-corrected chi connectivity index (χ3v) is 4.05. The van der Waals surface area contributed by atoms with Gasteiger partial charge in [-0.3, -0.25) is 4.98 Å². The fourth-order valence-corrected chi connectivity index (χ4v) is 2.95. The van der Waals surface area contributed by atoms with Crippen LogP contribution in [0.1, 0.15) is 11.1 Å². The second-order valence-corrected chi connectivity index (χ2v) is 5.46. The predicted molar refractivity (Wildman–Crippen MR) is 93.6 cm³/mol. The Balaban J connectivity index is 1.83. The summed E-state index contributed by atoms with van der Waals surface area (Å²) in [5.41, 5.74) is 4.71. The van der Waals surface area contributed by atoms with E-state index in [0.29, 0.717) is 0 Å². The number of hydrogen-bond donors (Lipinski definition) is 0. The van der Waals surface area contributed by atoms with Crippen LogP contribution in [-0.2, 0) is 7.05 Å². The standard InChI is InChI=1S/C20H16N2/c1-22-14-16(18-7-3-5-9-20(18)22)11-10-15-12-13-21-19-8-4-2-6-17(15)19/h2-14H,1H3/b11-10-. The van der Waals surface area contributed by atoms with Gasteiger partial charge in [0.25, 0.3) is 0 Å². The molecule has 0 spiro atoms. The molecule has 0 atom stereocenters. The van der Waals surface area contributed by atoms with Gasteiger partial charge < -0.3 is 4.57 Å². The first-order valence-electron chi connectivity index (χ1n) is 7.39. The second kappa shape index (κ2) is 5.15. The van der Waals surface area contributed by atoms with Crippen LogP contribution in [0.5, 0.6) is 0 Å². The lowest BCUT2D eigenvalue weighted by molar-refractivity contribution is 0.968. The molecule has 0 N–H and O–H groups in total. The molecular weight excluding hydrogens is 268 g/mol. The highest BCUT2D eigenvalue weighted by molar-refractivity contribution is 5.95. The van der Waals surface area contributed by atoms with Gasteiger partial charge in [-0.05, 0) is 29.3 Å².